The van der Waals surface area contributed by atoms with Crippen molar-refractivity contribution in [3.05, 3.63) is 76.9 Å². The number of H-pyrrole nitrogens is 1. The molecule has 0 unspecified atom stereocenters. The summed E-state index contributed by atoms with van der Waals surface area (Å²) in [7, 11) is -3.78. The van der Waals surface area contributed by atoms with Gasteiger partial charge in [-0.25, -0.2) is 13.1 Å². The first-order valence-electron chi connectivity index (χ1n) is 8.04. The van der Waals surface area contributed by atoms with E-state index in [1.54, 1.807) is 6.08 Å². The third kappa shape index (κ3) is 4.13. The Labute approximate surface area is 162 Å². The first-order chi connectivity index (χ1) is 12.4. The second-order valence-electron chi connectivity index (χ2n) is 5.98. The number of hydrogen-bond donors (Lipinski definition) is 2. The zero-order chi connectivity index (χ0) is 18.7. The molecular formula is C19H18Cl2N2O2S. The molecule has 0 saturated carbocycles. The standard InChI is InChI=1S/C19H18Cl2N2O2S/c1-2-5-15(10-13-12-22-18-7-4-3-6-16(13)18)23-26(24,25)19-9-8-14(20)11-17(19)21/h2-4,6-9,11-12,15,22-23H,1,5,10H2/t15-/m0/s1. The molecule has 2 N–H and O–H groups in total. The van der Waals surface area contributed by atoms with Crippen LogP contribution in [0.15, 0.2) is 66.2 Å². The lowest BCUT2D eigenvalue weighted by atomic mass is 10.0. The first-order valence-corrected chi connectivity index (χ1v) is 10.3. The number of halogens is 2. The van der Waals surface area contributed by atoms with Crippen LogP contribution in [0, 0.1) is 0 Å². The molecule has 0 aliphatic rings. The Balaban J connectivity index is 1.87. The quantitative estimate of drug-likeness (QED) is 0.543. The summed E-state index contributed by atoms with van der Waals surface area (Å²) in [6, 6.07) is 11.9. The number of fused-ring (bicyclic) bond motifs is 1. The van der Waals surface area contributed by atoms with Crippen LogP contribution in [0.2, 0.25) is 10.0 Å². The van der Waals surface area contributed by atoms with E-state index in [-0.39, 0.29) is 16.0 Å². The van der Waals surface area contributed by atoms with Gasteiger partial charge in [0.25, 0.3) is 0 Å². The van der Waals surface area contributed by atoms with Crippen molar-refractivity contribution in [1.82, 2.24) is 9.71 Å². The maximum absolute atomic E-state index is 12.8. The fourth-order valence-electron chi connectivity index (χ4n) is 2.92. The zero-order valence-electron chi connectivity index (χ0n) is 13.9. The van der Waals surface area contributed by atoms with Gasteiger partial charge in [-0.1, -0.05) is 47.5 Å². The fourth-order valence-corrected chi connectivity index (χ4v) is 4.94. The Morgan fingerprint density at radius 2 is 1.96 bits per heavy atom. The van der Waals surface area contributed by atoms with E-state index in [1.807, 2.05) is 30.5 Å². The minimum absolute atomic E-state index is 0.0107. The highest BCUT2D eigenvalue weighted by Crippen LogP contribution is 2.26. The Hall–Kier alpha value is -1.79. The van der Waals surface area contributed by atoms with Crippen molar-refractivity contribution in [2.45, 2.75) is 23.8 Å². The predicted molar refractivity (Wildman–Crippen MR) is 107 cm³/mol. The van der Waals surface area contributed by atoms with Crippen LogP contribution >= 0.6 is 23.2 Å². The normalized spacial score (nSPS) is 13.0. The van der Waals surface area contributed by atoms with Gasteiger partial charge in [0.05, 0.1) is 5.02 Å². The summed E-state index contributed by atoms with van der Waals surface area (Å²) < 4.78 is 28.3. The highest BCUT2D eigenvalue weighted by molar-refractivity contribution is 7.89. The van der Waals surface area contributed by atoms with E-state index < -0.39 is 10.0 Å². The van der Waals surface area contributed by atoms with Crippen LogP contribution in [0.25, 0.3) is 10.9 Å². The summed E-state index contributed by atoms with van der Waals surface area (Å²) in [5.41, 5.74) is 2.06. The van der Waals surface area contributed by atoms with E-state index >= 15 is 0 Å². The summed E-state index contributed by atoms with van der Waals surface area (Å²) in [6.07, 6.45) is 4.63. The molecule has 0 fully saturated rings. The average Bonchev–Trinajstić information content (AvgIpc) is 2.97. The van der Waals surface area contributed by atoms with Gasteiger partial charge >= 0.3 is 0 Å². The summed E-state index contributed by atoms with van der Waals surface area (Å²) in [5.74, 6) is 0. The SMILES string of the molecule is C=CC[C@@H](Cc1c[nH]c2ccccc12)NS(=O)(=O)c1ccc(Cl)cc1Cl. The summed E-state index contributed by atoms with van der Waals surface area (Å²) in [6.45, 7) is 3.74. The minimum atomic E-state index is -3.78. The first kappa shape index (κ1) is 19.0. The monoisotopic (exact) mass is 408 g/mol. The summed E-state index contributed by atoms with van der Waals surface area (Å²) in [4.78, 5) is 3.22. The van der Waals surface area contributed by atoms with E-state index in [9.17, 15) is 8.42 Å². The Morgan fingerprint density at radius 3 is 2.69 bits per heavy atom. The van der Waals surface area contributed by atoms with Crippen LogP contribution in [0.5, 0.6) is 0 Å². The van der Waals surface area contributed by atoms with Gasteiger partial charge in [0.2, 0.25) is 10.0 Å². The number of aromatic nitrogens is 1. The maximum atomic E-state index is 12.8. The number of benzene rings is 2. The smallest absolute Gasteiger partial charge is 0.242 e. The van der Waals surface area contributed by atoms with Gasteiger partial charge < -0.3 is 4.98 Å². The molecule has 4 nitrogen and oxygen atoms in total. The number of para-hydroxylation sites is 1. The Kier molecular flexibility index (Phi) is 5.73. The largest absolute Gasteiger partial charge is 0.361 e. The van der Waals surface area contributed by atoms with Crippen LogP contribution in [0.4, 0.5) is 0 Å². The van der Waals surface area contributed by atoms with E-state index in [2.05, 4.69) is 16.3 Å². The second-order valence-corrected chi connectivity index (χ2v) is 8.51. The van der Waals surface area contributed by atoms with Crippen LogP contribution in [0.1, 0.15) is 12.0 Å². The molecule has 0 amide bonds. The third-order valence-electron chi connectivity index (χ3n) is 4.10. The molecule has 2 aromatic carbocycles. The second kappa shape index (κ2) is 7.84. The molecule has 3 rings (SSSR count). The molecule has 0 saturated heterocycles. The van der Waals surface area contributed by atoms with Crippen molar-refractivity contribution in [1.29, 1.82) is 0 Å². The van der Waals surface area contributed by atoms with Gasteiger partial charge in [0, 0.05) is 28.2 Å². The Morgan fingerprint density at radius 1 is 1.19 bits per heavy atom. The zero-order valence-corrected chi connectivity index (χ0v) is 16.2. The molecule has 0 radical (unpaired) electrons. The molecule has 26 heavy (non-hydrogen) atoms. The van der Waals surface area contributed by atoms with Crippen molar-refractivity contribution < 1.29 is 8.42 Å². The highest BCUT2D eigenvalue weighted by Gasteiger charge is 2.23. The molecule has 3 aromatic rings. The van der Waals surface area contributed by atoms with Gasteiger partial charge in [-0.05, 0) is 42.7 Å². The topological polar surface area (TPSA) is 62.0 Å². The van der Waals surface area contributed by atoms with Crippen molar-refractivity contribution in [3.8, 4) is 0 Å². The molecule has 1 aromatic heterocycles. The summed E-state index contributed by atoms with van der Waals surface area (Å²) >= 11 is 11.9. The molecule has 0 spiro atoms. The number of aromatic amines is 1. The average molecular weight is 409 g/mol. The lowest BCUT2D eigenvalue weighted by Crippen LogP contribution is -2.36. The third-order valence-corrected chi connectivity index (χ3v) is 6.34. The van der Waals surface area contributed by atoms with Crippen molar-refractivity contribution in [2.75, 3.05) is 0 Å². The van der Waals surface area contributed by atoms with Gasteiger partial charge in [-0.2, -0.15) is 0 Å². The van der Waals surface area contributed by atoms with Crippen molar-refractivity contribution in [3.63, 3.8) is 0 Å². The van der Waals surface area contributed by atoms with Crippen molar-refractivity contribution in [2.24, 2.45) is 0 Å². The lowest BCUT2D eigenvalue weighted by Gasteiger charge is -2.18. The summed E-state index contributed by atoms with van der Waals surface area (Å²) in [5, 5.41) is 1.55. The van der Waals surface area contributed by atoms with Crippen LogP contribution in [0.3, 0.4) is 0 Å². The highest BCUT2D eigenvalue weighted by atomic mass is 35.5. The maximum Gasteiger partial charge on any atom is 0.242 e. The molecule has 1 atom stereocenters. The van der Waals surface area contributed by atoms with Gasteiger partial charge in [-0.3, -0.25) is 0 Å². The van der Waals surface area contributed by atoms with Gasteiger partial charge in [0.15, 0.2) is 0 Å². The van der Waals surface area contributed by atoms with E-state index in [1.165, 1.54) is 18.2 Å². The van der Waals surface area contributed by atoms with Gasteiger partial charge in [0.1, 0.15) is 4.90 Å². The van der Waals surface area contributed by atoms with Crippen molar-refractivity contribution >= 4 is 44.1 Å². The van der Waals surface area contributed by atoms with Gasteiger partial charge in [-0.15, -0.1) is 6.58 Å². The van der Waals surface area contributed by atoms with E-state index in [0.717, 1.165) is 16.5 Å². The fraction of sp³-hybridized carbons (Fsp3) is 0.158. The van der Waals surface area contributed by atoms with Crippen LogP contribution < -0.4 is 4.72 Å². The number of sulfonamides is 1. The minimum Gasteiger partial charge on any atom is -0.361 e. The Bertz CT molecular complexity index is 1040. The van der Waals surface area contributed by atoms with Crippen LogP contribution in [-0.2, 0) is 16.4 Å². The number of hydrogen-bond acceptors (Lipinski definition) is 2. The molecule has 1 heterocycles. The lowest BCUT2D eigenvalue weighted by molar-refractivity contribution is 0.547. The molecular weight excluding hydrogens is 391 g/mol. The molecule has 7 heteroatoms. The molecule has 136 valence electrons. The number of rotatable bonds is 7. The predicted octanol–water partition coefficient (Wildman–Crippen LogP) is 4.94. The van der Waals surface area contributed by atoms with Crippen LogP contribution in [-0.4, -0.2) is 19.4 Å². The number of nitrogens with one attached hydrogen (secondary N) is 2. The van der Waals surface area contributed by atoms with E-state index in [4.69, 9.17) is 23.2 Å². The molecule has 0 bridgehead atoms. The van der Waals surface area contributed by atoms with E-state index in [0.29, 0.717) is 17.9 Å². The molecule has 0 aliphatic carbocycles. The molecule has 0 aliphatic heterocycles.